The molecule has 8 heteroatoms. The van der Waals surface area contributed by atoms with Gasteiger partial charge in [0.2, 0.25) is 5.95 Å². The van der Waals surface area contributed by atoms with E-state index < -0.39 is 0 Å². The fraction of sp³-hybridized carbons (Fsp3) is 0.273. The van der Waals surface area contributed by atoms with E-state index in [2.05, 4.69) is 20.2 Å². The Morgan fingerprint density at radius 3 is 2.89 bits per heavy atom. The van der Waals surface area contributed by atoms with Crippen LogP contribution in [0.25, 0.3) is 11.2 Å². The molecule has 3 aromatic heterocycles. The molecule has 0 aliphatic carbocycles. The highest BCUT2D eigenvalue weighted by atomic mass is 35.5. The molecule has 0 spiro atoms. The van der Waals surface area contributed by atoms with Gasteiger partial charge in [0.25, 0.3) is 0 Å². The Bertz CT molecular complexity index is 745. The average Bonchev–Trinajstić information content (AvgIpc) is 2.90. The molecule has 2 N–H and O–H groups in total. The summed E-state index contributed by atoms with van der Waals surface area (Å²) in [6.07, 6.45) is 3.22. The molecule has 3 rings (SSSR count). The first kappa shape index (κ1) is 11.9. The van der Waals surface area contributed by atoms with Gasteiger partial charge in [-0.25, -0.2) is 9.97 Å². The van der Waals surface area contributed by atoms with Crippen molar-refractivity contribution < 1.29 is 0 Å². The van der Waals surface area contributed by atoms with Gasteiger partial charge in [-0.2, -0.15) is 0 Å². The number of nitrogen functional groups attached to an aromatic ring is 1. The Morgan fingerprint density at radius 2 is 2.21 bits per heavy atom. The van der Waals surface area contributed by atoms with Gasteiger partial charge >= 0.3 is 0 Å². The van der Waals surface area contributed by atoms with Gasteiger partial charge in [-0.3, -0.25) is 4.57 Å². The predicted octanol–water partition coefficient (Wildman–Crippen LogP) is 1.40. The van der Waals surface area contributed by atoms with Gasteiger partial charge < -0.3 is 10.3 Å². The molecule has 1 unspecified atom stereocenters. The van der Waals surface area contributed by atoms with Crippen LogP contribution < -0.4 is 5.73 Å². The summed E-state index contributed by atoms with van der Waals surface area (Å²) in [5.41, 5.74) is 7.32. The second kappa shape index (κ2) is 4.20. The molecule has 0 aliphatic heterocycles. The molecule has 1 atom stereocenters. The monoisotopic (exact) mass is 277 g/mol. The molecular formula is C11H12ClN7. The van der Waals surface area contributed by atoms with Gasteiger partial charge in [0.1, 0.15) is 11.8 Å². The number of nitrogens with zero attached hydrogens (tertiary/aromatic N) is 6. The summed E-state index contributed by atoms with van der Waals surface area (Å²) in [5, 5.41) is 8.50. The molecular weight excluding hydrogens is 266 g/mol. The normalized spacial score (nSPS) is 13.0. The number of nitrogens with two attached hydrogens (primary N) is 1. The smallest absolute Gasteiger partial charge is 0.203 e. The largest absolute Gasteiger partial charge is 0.369 e. The number of halogens is 1. The van der Waals surface area contributed by atoms with Crippen LogP contribution in [-0.2, 0) is 7.05 Å². The Hall–Kier alpha value is -2.15. The van der Waals surface area contributed by atoms with Crippen molar-refractivity contribution in [3.05, 3.63) is 29.4 Å². The zero-order valence-corrected chi connectivity index (χ0v) is 11.2. The Kier molecular flexibility index (Phi) is 2.63. The van der Waals surface area contributed by atoms with Crippen LogP contribution in [0.5, 0.6) is 0 Å². The van der Waals surface area contributed by atoms with Crippen LogP contribution >= 0.6 is 11.6 Å². The van der Waals surface area contributed by atoms with Gasteiger partial charge in [0.05, 0.1) is 11.1 Å². The van der Waals surface area contributed by atoms with Crippen molar-refractivity contribution in [2.24, 2.45) is 7.05 Å². The Morgan fingerprint density at radius 1 is 1.42 bits per heavy atom. The zero-order chi connectivity index (χ0) is 13.6. The molecule has 3 heterocycles. The van der Waals surface area contributed by atoms with Crippen LogP contribution in [0.4, 0.5) is 5.95 Å². The predicted molar refractivity (Wildman–Crippen MR) is 71.8 cm³/mol. The average molecular weight is 278 g/mol. The standard InChI is InChI=1S/C11H12ClN7/c1-6(9-17-15-5-18(9)2)19-10-8(16-11(19)13)3-7(12)4-14-10/h3-6H,1-2H3,(H2,13,16). The maximum atomic E-state index is 5.97. The molecule has 0 aliphatic rings. The molecule has 0 amide bonds. The van der Waals surface area contributed by atoms with E-state index in [1.54, 1.807) is 18.6 Å². The summed E-state index contributed by atoms with van der Waals surface area (Å²) >= 11 is 5.91. The maximum Gasteiger partial charge on any atom is 0.203 e. The molecule has 19 heavy (non-hydrogen) atoms. The maximum absolute atomic E-state index is 5.97. The number of rotatable bonds is 2. The summed E-state index contributed by atoms with van der Waals surface area (Å²) < 4.78 is 3.65. The van der Waals surface area contributed by atoms with Crippen molar-refractivity contribution in [2.45, 2.75) is 13.0 Å². The van der Waals surface area contributed by atoms with Gasteiger partial charge in [-0.15, -0.1) is 10.2 Å². The number of aromatic nitrogens is 6. The van der Waals surface area contributed by atoms with E-state index in [0.29, 0.717) is 22.1 Å². The minimum Gasteiger partial charge on any atom is -0.369 e. The number of hydrogen-bond acceptors (Lipinski definition) is 5. The van der Waals surface area contributed by atoms with Crippen LogP contribution in [0.1, 0.15) is 18.8 Å². The van der Waals surface area contributed by atoms with E-state index in [4.69, 9.17) is 17.3 Å². The van der Waals surface area contributed by atoms with Gasteiger partial charge in [-0.1, -0.05) is 11.6 Å². The lowest BCUT2D eigenvalue weighted by atomic mass is 10.3. The number of aryl methyl sites for hydroxylation is 1. The lowest BCUT2D eigenvalue weighted by Crippen LogP contribution is -2.14. The Labute approximate surface area is 114 Å². The molecule has 0 fully saturated rings. The quantitative estimate of drug-likeness (QED) is 0.765. The van der Waals surface area contributed by atoms with Crippen LogP contribution in [-0.4, -0.2) is 29.3 Å². The molecule has 0 radical (unpaired) electrons. The number of fused-ring (bicyclic) bond motifs is 1. The third-order valence-corrected chi connectivity index (χ3v) is 3.24. The third kappa shape index (κ3) is 1.82. The fourth-order valence-corrected chi connectivity index (χ4v) is 2.29. The van der Waals surface area contributed by atoms with E-state index in [0.717, 1.165) is 5.82 Å². The van der Waals surface area contributed by atoms with Crippen molar-refractivity contribution in [3.63, 3.8) is 0 Å². The van der Waals surface area contributed by atoms with Gasteiger partial charge in [-0.05, 0) is 13.0 Å². The van der Waals surface area contributed by atoms with Crippen LogP contribution in [0, 0.1) is 0 Å². The lowest BCUT2D eigenvalue weighted by Gasteiger charge is -2.14. The van der Waals surface area contributed by atoms with Gasteiger partial charge in [0.15, 0.2) is 11.5 Å². The molecule has 3 aromatic rings. The van der Waals surface area contributed by atoms with Crippen LogP contribution in [0.3, 0.4) is 0 Å². The Balaban J connectivity index is 2.20. The summed E-state index contributed by atoms with van der Waals surface area (Å²) in [5.74, 6) is 1.16. The fourth-order valence-electron chi connectivity index (χ4n) is 2.14. The topological polar surface area (TPSA) is 87.4 Å². The van der Waals surface area contributed by atoms with E-state index in [9.17, 15) is 0 Å². The number of imidazole rings is 1. The van der Waals surface area contributed by atoms with Crippen LogP contribution in [0.2, 0.25) is 5.02 Å². The molecule has 0 bridgehead atoms. The highest BCUT2D eigenvalue weighted by Crippen LogP contribution is 2.25. The van der Waals surface area contributed by atoms with E-state index in [1.807, 2.05) is 23.1 Å². The van der Waals surface area contributed by atoms with Crippen molar-refractivity contribution in [2.75, 3.05) is 5.73 Å². The van der Waals surface area contributed by atoms with Crippen molar-refractivity contribution in [1.82, 2.24) is 29.3 Å². The van der Waals surface area contributed by atoms with Gasteiger partial charge in [0, 0.05) is 13.2 Å². The summed E-state index contributed by atoms with van der Waals surface area (Å²) in [6.45, 7) is 1.97. The van der Waals surface area contributed by atoms with Crippen LogP contribution in [0.15, 0.2) is 18.6 Å². The second-order valence-electron chi connectivity index (χ2n) is 4.31. The molecule has 0 aromatic carbocycles. The highest BCUT2D eigenvalue weighted by Gasteiger charge is 2.20. The first-order valence-electron chi connectivity index (χ1n) is 5.70. The summed E-state index contributed by atoms with van der Waals surface area (Å²) in [7, 11) is 1.88. The number of pyridine rings is 1. The van der Waals surface area contributed by atoms with E-state index in [1.165, 1.54) is 0 Å². The SMILES string of the molecule is CC(c1nncn1C)n1c(N)nc2cc(Cl)cnc21. The summed E-state index contributed by atoms with van der Waals surface area (Å²) in [6, 6.07) is 1.62. The van der Waals surface area contributed by atoms with Crippen molar-refractivity contribution in [1.29, 1.82) is 0 Å². The summed E-state index contributed by atoms with van der Waals surface area (Å²) in [4.78, 5) is 8.56. The lowest BCUT2D eigenvalue weighted by molar-refractivity contribution is 0.590. The third-order valence-electron chi connectivity index (χ3n) is 3.03. The zero-order valence-electron chi connectivity index (χ0n) is 10.4. The number of hydrogen-bond donors (Lipinski definition) is 1. The molecule has 7 nitrogen and oxygen atoms in total. The molecule has 0 saturated heterocycles. The first-order chi connectivity index (χ1) is 9.08. The minimum atomic E-state index is -0.119. The minimum absolute atomic E-state index is 0.119. The molecule has 98 valence electrons. The molecule has 0 saturated carbocycles. The van der Waals surface area contributed by atoms with E-state index in [-0.39, 0.29) is 6.04 Å². The first-order valence-corrected chi connectivity index (χ1v) is 6.08. The number of anilines is 1. The van der Waals surface area contributed by atoms with Crippen molar-refractivity contribution in [3.8, 4) is 0 Å². The van der Waals surface area contributed by atoms with E-state index >= 15 is 0 Å². The highest BCUT2D eigenvalue weighted by molar-refractivity contribution is 6.31. The van der Waals surface area contributed by atoms with Crippen molar-refractivity contribution >= 4 is 28.7 Å². The second-order valence-corrected chi connectivity index (χ2v) is 4.75.